The minimum Gasteiger partial charge on any atom is -0.507 e. The van der Waals surface area contributed by atoms with Crippen LogP contribution in [0.5, 0.6) is 17.2 Å². The Labute approximate surface area is 218 Å². The topological polar surface area (TPSA) is 98.2 Å². The highest BCUT2D eigenvalue weighted by molar-refractivity contribution is 6.51. The Morgan fingerprint density at radius 1 is 0.947 bits per heavy atom. The molecule has 0 saturated carbocycles. The van der Waals surface area contributed by atoms with E-state index in [4.69, 9.17) is 14.2 Å². The molecule has 3 heterocycles. The van der Waals surface area contributed by atoms with Crippen molar-refractivity contribution < 1.29 is 28.9 Å². The van der Waals surface area contributed by atoms with E-state index < -0.39 is 17.7 Å². The van der Waals surface area contributed by atoms with Gasteiger partial charge in [0.2, 0.25) is 6.79 Å². The van der Waals surface area contributed by atoms with Crippen LogP contribution in [0.3, 0.4) is 0 Å². The van der Waals surface area contributed by atoms with E-state index in [-0.39, 0.29) is 18.1 Å². The smallest absolute Gasteiger partial charge is 0.300 e. The lowest BCUT2D eigenvalue weighted by Gasteiger charge is -2.25. The van der Waals surface area contributed by atoms with Crippen LogP contribution in [-0.2, 0) is 16.2 Å². The molecule has 188 valence electrons. The van der Waals surface area contributed by atoms with Gasteiger partial charge in [-0.15, -0.1) is 0 Å². The third kappa shape index (κ3) is 4.22. The van der Waals surface area contributed by atoms with Gasteiger partial charge in [0.1, 0.15) is 18.1 Å². The molecule has 8 nitrogen and oxygen atoms in total. The van der Waals surface area contributed by atoms with Crippen LogP contribution < -0.4 is 19.1 Å². The summed E-state index contributed by atoms with van der Waals surface area (Å²) in [6.07, 6.45) is 3.18. The van der Waals surface area contributed by atoms with Gasteiger partial charge in [-0.3, -0.25) is 19.5 Å². The summed E-state index contributed by atoms with van der Waals surface area (Å²) in [5, 5.41) is 11.3. The molecular weight excluding hydrogens is 484 g/mol. The van der Waals surface area contributed by atoms with Gasteiger partial charge < -0.3 is 19.3 Å². The lowest BCUT2D eigenvalue weighted by Crippen LogP contribution is -2.29. The number of aliphatic hydroxyl groups is 1. The fraction of sp³-hybridized carbons (Fsp3) is 0.100. The maximum atomic E-state index is 13.4. The number of pyridine rings is 1. The number of nitrogens with zero attached hydrogens (tertiary/aromatic N) is 2. The Balaban J connectivity index is 1.37. The molecule has 6 rings (SSSR count). The first-order valence-corrected chi connectivity index (χ1v) is 12.0. The molecule has 1 aromatic heterocycles. The fourth-order valence-electron chi connectivity index (χ4n) is 4.60. The molecular formula is C30H22N2O6. The zero-order valence-electron chi connectivity index (χ0n) is 20.1. The molecule has 2 aliphatic heterocycles. The van der Waals surface area contributed by atoms with Crippen LogP contribution in [0.25, 0.3) is 5.76 Å². The second-order valence-electron chi connectivity index (χ2n) is 8.79. The average molecular weight is 507 g/mol. The Morgan fingerprint density at radius 3 is 2.50 bits per heavy atom. The number of Topliss-reactive ketones (excluding diaryl/α,β-unsaturated/α-hetero) is 1. The number of ketones is 1. The summed E-state index contributed by atoms with van der Waals surface area (Å²) in [4.78, 5) is 32.2. The number of aromatic nitrogens is 1. The number of rotatable bonds is 6. The van der Waals surface area contributed by atoms with E-state index in [2.05, 4.69) is 4.98 Å². The molecule has 1 saturated heterocycles. The predicted molar refractivity (Wildman–Crippen MR) is 139 cm³/mol. The van der Waals surface area contributed by atoms with Gasteiger partial charge in [0.15, 0.2) is 11.5 Å². The summed E-state index contributed by atoms with van der Waals surface area (Å²) in [6, 6.07) is 24.2. The van der Waals surface area contributed by atoms with Gasteiger partial charge in [-0.1, -0.05) is 36.4 Å². The van der Waals surface area contributed by atoms with Crippen LogP contribution in [-0.4, -0.2) is 28.6 Å². The predicted octanol–water partition coefficient (Wildman–Crippen LogP) is 5.02. The first kappa shape index (κ1) is 23.3. The molecule has 1 atom stereocenters. The second kappa shape index (κ2) is 9.74. The average Bonchev–Trinajstić information content (AvgIpc) is 3.54. The van der Waals surface area contributed by atoms with Crippen molar-refractivity contribution in [1.82, 2.24) is 4.98 Å². The minimum atomic E-state index is -0.884. The molecule has 1 amide bonds. The summed E-state index contributed by atoms with van der Waals surface area (Å²) in [5.41, 5.74) is 2.40. The largest absolute Gasteiger partial charge is 0.507 e. The van der Waals surface area contributed by atoms with E-state index in [0.717, 1.165) is 5.56 Å². The van der Waals surface area contributed by atoms with Gasteiger partial charge >= 0.3 is 0 Å². The number of aliphatic hydroxyl groups excluding tert-OH is 1. The number of ether oxygens (including phenoxy) is 3. The number of amides is 1. The minimum absolute atomic E-state index is 0.0359. The standard InChI is InChI=1S/C30H22N2O6/c33-28(20-8-13-24-25(15-20)38-18-37-24)26-27(21-7-4-14-31-16-21)32(30(35)29(26)34)22-9-11-23(12-10-22)36-17-19-5-2-1-3-6-19/h1-16,27,33H,17-18H2/b28-26-. The van der Waals surface area contributed by atoms with Crippen molar-refractivity contribution >= 4 is 23.1 Å². The summed E-state index contributed by atoms with van der Waals surface area (Å²) in [5.74, 6) is -0.238. The molecule has 4 aromatic rings. The van der Waals surface area contributed by atoms with Gasteiger partial charge in [0.25, 0.3) is 11.7 Å². The van der Waals surface area contributed by atoms with E-state index in [1.165, 1.54) is 4.90 Å². The lowest BCUT2D eigenvalue weighted by molar-refractivity contribution is -0.132. The van der Waals surface area contributed by atoms with Gasteiger partial charge in [-0.2, -0.15) is 0 Å². The van der Waals surface area contributed by atoms with E-state index in [0.29, 0.717) is 40.7 Å². The number of fused-ring (bicyclic) bond motifs is 1. The van der Waals surface area contributed by atoms with Crippen molar-refractivity contribution in [2.24, 2.45) is 0 Å². The zero-order valence-corrected chi connectivity index (χ0v) is 20.1. The molecule has 0 aliphatic carbocycles. The first-order valence-electron chi connectivity index (χ1n) is 12.0. The fourth-order valence-corrected chi connectivity index (χ4v) is 4.60. The van der Waals surface area contributed by atoms with Crippen molar-refractivity contribution in [2.75, 3.05) is 11.7 Å². The van der Waals surface area contributed by atoms with E-state index in [9.17, 15) is 14.7 Å². The molecule has 3 aromatic carbocycles. The molecule has 8 heteroatoms. The van der Waals surface area contributed by atoms with Gasteiger partial charge in [-0.05, 0) is 59.7 Å². The zero-order chi connectivity index (χ0) is 26.1. The SMILES string of the molecule is O=C1C(=O)N(c2ccc(OCc3ccccc3)cc2)C(c2cccnc2)/C1=C(/O)c1ccc2c(c1)OCO2. The molecule has 38 heavy (non-hydrogen) atoms. The summed E-state index contributed by atoms with van der Waals surface area (Å²) in [7, 11) is 0. The summed E-state index contributed by atoms with van der Waals surface area (Å²) < 4.78 is 16.6. The maximum Gasteiger partial charge on any atom is 0.300 e. The van der Waals surface area contributed by atoms with Crippen molar-refractivity contribution in [2.45, 2.75) is 12.6 Å². The summed E-state index contributed by atoms with van der Waals surface area (Å²) >= 11 is 0. The van der Waals surface area contributed by atoms with Crippen molar-refractivity contribution in [3.63, 3.8) is 0 Å². The number of hydrogen-bond acceptors (Lipinski definition) is 7. The second-order valence-corrected chi connectivity index (χ2v) is 8.79. The number of hydrogen-bond donors (Lipinski definition) is 1. The Kier molecular flexibility index (Phi) is 5.97. The molecule has 1 unspecified atom stereocenters. The highest BCUT2D eigenvalue weighted by Crippen LogP contribution is 2.43. The third-order valence-electron chi connectivity index (χ3n) is 6.45. The normalized spacial score (nSPS) is 17.6. The quantitative estimate of drug-likeness (QED) is 0.223. The maximum absolute atomic E-state index is 13.4. The van der Waals surface area contributed by atoms with Crippen LogP contribution in [0, 0.1) is 0 Å². The Bertz CT molecular complexity index is 1530. The van der Waals surface area contributed by atoms with E-state index in [1.807, 2.05) is 30.3 Å². The Morgan fingerprint density at radius 2 is 1.74 bits per heavy atom. The van der Waals surface area contributed by atoms with Crippen molar-refractivity contribution in [1.29, 1.82) is 0 Å². The third-order valence-corrected chi connectivity index (χ3v) is 6.45. The van der Waals surface area contributed by atoms with Gasteiger partial charge in [0.05, 0.1) is 11.6 Å². The summed E-state index contributed by atoms with van der Waals surface area (Å²) in [6.45, 7) is 0.473. The van der Waals surface area contributed by atoms with Crippen LogP contribution in [0.4, 0.5) is 5.69 Å². The number of benzene rings is 3. The van der Waals surface area contributed by atoms with Crippen LogP contribution in [0.2, 0.25) is 0 Å². The van der Waals surface area contributed by atoms with Crippen LogP contribution in [0.15, 0.2) is 103 Å². The monoisotopic (exact) mass is 506 g/mol. The van der Waals surface area contributed by atoms with Gasteiger partial charge in [-0.25, -0.2) is 0 Å². The number of carbonyl (C=O) groups excluding carboxylic acids is 2. The van der Waals surface area contributed by atoms with Crippen LogP contribution in [0.1, 0.15) is 22.7 Å². The lowest BCUT2D eigenvalue weighted by atomic mass is 9.96. The molecule has 1 fully saturated rings. The first-order chi connectivity index (χ1) is 18.6. The molecule has 2 aliphatic rings. The number of carbonyl (C=O) groups is 2. The molecule has 0 spiro atoms. The van der Waals surface area contributed by atoms with Gasteiger partial charge in [0, 0.05) is 23.6 Å². The molecule has 0 bridgehead atoms. The Hall–Kier alpha value is -5.11. The number of anilines is 1. The highest BCUT2D eigenvalue weighted by Gasteiger charge is 2.47. The van der Waals surface area contributed by atoms with E-state index >= 15 is 0 Å². The van der Waals surface area contributed by atoms with Crippen molar-refractivity contribution in [3.8, 4) is 17.2 Å². The molecule has 1 N–H and O–H groups in total. The van der Waals surface area contributed by atoms with E-state index in [1.54, 1.807) is 67.0 Å². The van der Waals surface area contributed by atoms with Crippen LogP contribution >= 0.6 is 0 Å². The van der Waals surface area contributed by atoms with Crippen molar-refractivity contribution in [3.05, 3.63) is 120 Å². The molecule has 0 radical (unpaired) electrons. The highest BCUT2D eigenvalue weighted by atomic mass is 16.7.